The first-order chi connectivity index (χ1) is 9.54. The Morgan fingerprint density at radius 1 is 1.24 bits per heavy atom. The molecule has 1 N–H and O–H groups in total. The molecule has 0 aromatic heterocycles. The number of carbonyl (C=O) groups excluding carboxylic acids is 1. The minimum absolute atomic E-state index is 0.196. The lowest BCUT2D eigenvalue weighted by atomic mass is 9.72. The molecule has 4 atom stereocenters. The smallest absolute Gasteiger partial charge is 0.303 e. The molecule has 0 spiro atoms. The van der Waals surface area contributed by atoms with Crippen LogP contribution in [0, 0.1) is 5.92 Å². The highest BCUT2D eigenvalue weighted by Gasteiger charge is 2.49. The maximum absolute atomic E-state index is 11.2. The van der Waals surface area contributed by atoms with E-state index in [2.05, 4.69) is 13.0 Å². The Labute approximate surface area is 127 Å². The predicted octanol–water partition coefficient (Wildman–Crippen LogP) is 2.98. The third kappa shape index (κ3) is 3.67. The number of carbonyl (C=O) groups is 1. The monoisotopic (exact) mass is 296 g/mol. The molecule has 4 heteroatoms. The molecule has 0 saturated carbocycles. The van der Waals surface area contributed by atoms with Crippen LogP contribution >= 0.6 is 0 Å². The van der Waals surface area contributed by atoms with Crippen molar-refractivity contribution >= 4 is 5.97 Å². The van der Waals surface area contributed by atoms with Gasteiger partial charge in [0.15, 0.2) is 0 Å². The molecule has 0 radical (unpaired) electrons. The van der Waals surface area contributed by atoms with Gasteiger partial charge in [-0.15, -0.1) is 0 Å². The van der Waals surface area contributed by atoms with Crippen LogP contribution in [0.4, 0.5) is 0 Å². The standard InChI is InChI=1S/C17H28O4/c1-12(18)20-14-8-11-17(5,21-15(14,2)3)13-6-9-16(4,19)10-7-13/h6,9,13-14,19H,7-8,10-11H2,1-5H3. The summed E-state index contributed by atoms with van der Waals surface area (Å²) in [6, 6.07) is 0. The van der Waals surface area contributed by atoms with Gasteiger partial charge in [-0.1, -0.05) is 12.2 Å². The predicted molar refractivity (Wildman–Crippen MR) is 80.8 cm³/mol. The van der Waals surface area contributed by atoms with Gasteiger partial charge >= 0.3 is 5.97 Å². The minimum atomic E-state index is -0.697. The highest BCUT2D eigenvalue weighted by molar-refractivity contribution is 5.66. The van der Waals surface area contributed by atoms with Gasteiger partial charge in [0.25, 0.3) is 0 Å². The third-order valence-corrected chi connectivity index (χ3v) is 4.92. The van der Waals surface area contributed by atoms with E-state index in [1.165, 1.54) is 6.92 Å². The molecule has 0 aromatic rings. The molecule has 4 nitrogen and oxygen atoms in total. The van der Waals surface area contributed by atoms with Crippen LogP contribution in [0.5, 0.6) is 0 Å². The second kappa shape index (κ2) is 5.40. The number of esters is 1. The van der Waals surface area contributed by atoms with E-state index in [1.54, 1.807) is 0 Å². The zero-order valence-corrected chi connectivity index (χ0v) is 13.8. The summed E-state index contributed by atoms with van der Waals surface area (Å²) in [6.07, 6.45) is 7.11. The first-order valence-corrected chi connectivity index (χ1v) is 7.83. The number of hydrogen-bond donors (Lipinski definition) is 1. The Kier molecular flexibility index (Phi) is 4.24. The van der Waals surface area contributed by atoms with Crippen LogP contribution < -0.4 is 0 Å². The molecule has 0 amide bonds. The van der Waals surface area contributed by atoms with Crippen molar-refractivity contribution in [2.24, 2.45) is 5.92 Å². The molecule has 2 rings (SSSR count). The Bertz CT molecular complexity index is 438. The highest BCUT2D eigenvalue weighted by atomic mass is 16.6. The fourth-order valence-electron chi connectivity index (χ4n) is 3.60. The summed E-state index contributed by atoms with van der Waals surface area (Å²) < 4.78 is 11.8. The summed E-state index contributed by atoms with van der Waals surface area (Å²) in [5, 5.41) is 10.0. The van der Waals surface area contributed by atoms with Crippen molar-refractivity contribution in [2.75, 3.05) is 0 Å². The molecule has 120 valence electrons. The largest absolute Gasteiger partial charge is 0.460 e. The number of ether oxygens (including phenoxy) is 2. The number of hydrogen-bond acceptors (Lipinski definition) is 4. The van der Waals surface area contributed by atoms with Crippen molar-refractivity contribution < 1.29 is 19.4 Å². The summed E-state index contributed by atoms with van der Waals surface area (Å²) in [4.78, 5) is 11.2. The van der Waals surface area contributed by atoms with Gasteiger partial charge in [-0.05, 0) is 53.4 Å². The quantitative estimate of drug-likeness (QED) is 0.629. The Morgan fingerprint density at radius 2 is 1.90 bits per heavy atom. The van der Waals surface area contributed by atoms with Crippen molar-refractivity contribution in [3.63, 3.8) is 0 Å². The van der Waals surface area contributed by atoms with Crippen molar-refractivity contribution in [3.05, 3.63) is 12.2 Å². The molecule has 0 bridgehead atoms. The summed E-state index contributed by atoms with van der Waals surface area (Å²) in [6.45, 7) is 9.38. The van der Waals surface area contributed by atoms with Crippen molar-refractivity contribution in [2.45, 2.75) is 83.2 Å². The molecule has 0 aromatic carbocycles. The lowest BCUT2D eigenvalue weighted by molar-refractivity contribution is -0.237. The molecule has 21 heavy (non-hydrogen) atoms. The first kappa shape index (κ1) is 16.5. The van der Waals surface area contributed by atoms with Gasteiger partial charge in [0, 0.05) is 12.8 Å². The average molecular weight is 296 g/mol. The van der Waals surface area contributed by atoms with Gasteiger partial charge < -0.3 is 14.6 Å². The Hall–Kier alpha value is -0.870. The van der Waals surface area contributed by atoms with Crippen LogP contribution in [-0.4, -0.2) is 34.0 Å². The molecule has 4 unspecified atom stereocenters. The zero-order chi connectivity index (χ0) is 15.9. The Balaban J connectivity index is 2.11. The van der Waals surface area contributed by atoms with Crippen LogP contribution in [0.3, 0.4) is 0 Å². The molecule has 1 saturated heterocycles. The van der Waals surface area contributed by atoms with Crippen molar-refractivity contribution in [1.29, 1.82) is 0 Å². The van der Waals surface area contributed by atoms with Crippen LogP contribution in [-0.2, 0) is 14.3 Å². The van der Waals surface area contributed by atoms with Gasteiger partial charge in [0.2, 0.25) is 0 Å². The maximum atomic E-state index is 11.2. The van der Waals surface area contributed by atoms with E-state index in [1.807, 2.05) is 26.8 Å². The first-order valence-electron chi connectivity index (χ1n) is 7.83. The number of aliphatic hydroxyl groups is 1. The lowest BCUT2D eigenvalue weighted by Crippen LogP contribution is -2.56. The SMILES string of the molecule is CC(=O)OC1CCC(C)(C2C=CC(C)(O)CC2)OC1(C)C. The fraction of sp³-hybridized carbons (Fsp3) is 0.824. The van der Waals surface area contributed by atoms with Crippen molar-refractivity contribution in [3.8, 4) is 0 Å². The number of rotatable bonds is 2. The summed E-state index contributed by atoms with van der Waals surface area (Å²) >= 11 is 0. The van der Waals surface area contributed by atoms with Crippen LogP contribution in [0.1, 0.15) is 60.3 Å². The van der Waals surface area contributed by atoms with Crippen molar-refractivity contribution in [1.82, 2.24) is 0 Å². The van der Waals surface area contributed by atoms with Gasteiger partial charge in [-0.3, -0.25) is 4.79 Å². The molecular weight excluding hydrogens is 268 g/mol. The van der Waals surface area contributed by atoms with E-state index in [-0.39, 0.29) is 23.6 Å². The molecule has 2 aliphatic rings. The molecule has 1 heterocycles. The van der Waals surface area contributed by atoms with E-state index in [9.17, 15) is 9.90 Å². The zero-order valence-electron chi connectivity index (χ0n) is 13.8. The highest BCUT2D eigenvalue weighted by Crippen LogP contribution is 2.44. The van der Waals surface area contributed by atoms with E-state index in [0.717, 1.165) is 25.7 Å². The van der Waals surface area contributed by atoms with Crippen LogP contribution in [0.2, 0.25) is 0 Å². The Morgan fingerprint density at radius 3 is 2.38 bits per heavy atom. The van der Waals surface area contributed by atoms with E-state index >= 15 is 0 Å². The van der Waals surface area contributed by atoms with Gasteiger partial charge in [0.05, 0.1) is 11.2 Å². The summed E-state index contributed by atoms with van der Waals surface area (Å²) in [5.74, 6) is 0.0316. The average Bonchev–Trinajstić information content (AvgIpc) is 2.31. The second-order valence-corrected chi connectivity index (χ2v) is 7.52. The van der Waals surface area contributed by atoms with E-state index in [0.29, 0.717) is 0 Å². The molecular formula is C17H28O4. The molecule has 1 aliphatic carbocycles. The third-order valence-electron chi connectivity index (χ3n) is 4.92. The lowest BCUT2D eigenvalue weighted by Gasteiger charge is -2.51. The van der Waals surface area contributed by atoms with Crippen LogP contribution in [0.25, 0.3) is 0 Å². The van der Waals surface area contributed by atoms with Gasteiger partial charge in [-0.2, -0.15) is 0 Å². The maximum Gasteiger partial charge on any atom is 0.303 e. The van der Waals surface area contributed by atoms with Gasteiger partial charge in [0.1, 0.15) is 11.7 Å². The van der Waals surface area contributed by atoms with E-state index in [4.69, 9.17) is 9.47 Å². The second-order valence-electron chi connectivity index (χ2n) is 7.52. The summed E-state index contributed by atoms with van der Waals surface area (Å²) in [5.41, 5.74) is -1.46. The fourth-order valence-corrected chi connectivity index (χ4v) is 3.60. The topological polar surface area (TPSA) is 55.8 Å². The molecule has 1 fully saturated rings. The normalized spacial score (nSPS) is 42.6. The van der Waals surface area contributed by atoms with E-state index < -0.39 is 11.2 Å². The summed E-state index contributed by atoms with van der Waals surface area (Å²) in [7, 11) is 0. The van der Waals surface area contributed by atoms with Gasteiger partial charge in [-0.25, -0.2) is 0 Å². The van der Waals surface area contributed by atoms with Crippen LogP contribution in [0.15, 0.2) is 12.2 Å². The molecule has 1 aliphatic heterocycles. The minimum Gasteiger partial charge on any atom is -0.460 e.